The van der Waals surface area contributed by atoms with Crippen LogP contribution in [0.5, 0.6) is 0 Å². The van der Waals surface area contributed by atoms with E-state index in [-0.39, 0.29) is 29.7 Å². The van der Waals surface area contributed by atoms with E-state index in [2.05, 4.69) is 5.32 Å². The Morgan fingerprint density at radius 3 is 2.56 bits per heavy atom. The third-order valence-electron chi connectivity index (χ3n) is 1.79. The van der Waals surface area contributed by atoms with Crippen molar-refractivity contribution in [1.29, 1.82) is 0 Å². The average Bonchev–Trinajstić information content (AvgIpc) is 2.22. The Kier molecular flexibility index (Phi) is 4.76. The van der Waals surface area contributed by atoms with E-state index in [1.807, 2.05) is 0 Å². The molecule has 0 atom stereocenters. The van der Waals surface area contributed by atoms with E-state index >= 15 is 0 Å². The standard InChI is InChI=1S/C9H8F4N2O2S/c10-6-3-7(5-8(4-6)15(16)17)14-1-2-18-9(11,12)13/h3-5,14H,1-2H2. The van der Waals surface area contributed by atoms with Crippen LogP contribution in [0.3, 0.4) is 0 Å². The highest BCUT2D eigenvalue weighted by Crippen LogP contribution is 2.29. The van der Waals surface area contributed by atoms with Crippen molar-refractivity contribution in [1.82, 2.24) is 0 Å². The maximum Gasteiger partial charge on any atom is 0.441 e. The molecule has 9 heteroatoms. The minimum absolute atomic E-state index is 0.0736. The average molecular weight is 284 g/mol. The van der Waals surface area contributed by atoms with Gasteiger partial charge in [0, 0.05) is 24.1 Å². The van der Waals surface area contributed by atoms with Gasteiger partial charge >= 0.3 is 5.51 Å². The highest BCUT2D eigenvalue weighted by Gasteiger charge is 2.27. The number of thioether (sulfide) groups is 1. The van der Waals surface area contributed by atoms with Crippen LogP contribution in [0.1, 0.15) is 0 Å². The van der Waals surface area contributed by atoms with E-state index < -0.39 is 21.9 Å². The number of anilines is 1. The first kappa shape index (κ1) is 14.6. The summed E-state index contributed by atoms with van der Waals surface area (Å²) in [5.74, 6) is -1.09. The first-order chi connectivity index (χ1) is 8.28. The molecule has 0 aliphatic carbocycles. The smallest absolute Gasteiger partial charge is 0.384 e. The van der Waals surface area contributed by atoms with Crippen LogP contribution in [-0.4, -0.2) is 22.7 Å². The second-order valence-electron chi connectivity index (χ2n) is 3.18. The molecule has 0 aromatic heterocycles. The molecular weight excluding hydrogens is 276 g/mol. The normalized spacial score (nSPS) is 11.3. The van der Waals surface area contributed by atoms with E-state index in [9.17, 15) is 27.7 Å². The number of nitrogens with zero attached hydrogens (tertiary/aromatic N) is 1. The molecular formula is C9H8F4N2O2S. The van der Waals surface area contributed by atoms with E-state index in [0.29, 0.717) is 0 Å². The zero-order valence-electron chi connectivity index (χ0n) is 8.83. The Morgan fingerprint density at radius 2 is 2.00 bits per heavy atom. The van der Waals surface area contributed by atoms with Crippen LogP contribution < -0.4 is 5.32 Å². The highest BCUT2D eigenvalue weighted by atomic mass is 32.2. The quantitative estimate of drug-likeness (QED) is 0.390. The molecule has 0 radical (unpaired) electrons. The van der Waals surface area contributed by atoms with Crippen LogP contribution in [0.25, 0.3) is 0 Å². The van der Waals surface area contributed by atoms with Gasteiger partial charge < -0.3 is 5.32 Å². The summed E-state index contributed by atoms with van der Waals surface area (Å²) in [6.07, 6.45) is 0. The van der Waals surface area contributed by atoms with E-state index in [1.54, 1.807) is 0 Å². The summed E-state index contributed by atoms with van der Waals surface area (Å²) < 4.78 is 48.4. The van der Waals surface area contributed by atoms with Crippen molar-refractivity contribution in [3.05, 3.63) is 34.1 Å². The van der Waals surface area contributed by atoms with Gasteiger partial charge in [-0.3, -0.25) is 10.1 Å². The van der Waals surface area contributed by atoms with Crippen LogP contribution in [0.15, 0.2) is 18.2 Å². The van der Waals surface area contributed by atoms with Crippen LogP contribution >= 0.6 is 11.8 Å². The van der Waals surface area contributed by atoms with Gasteiger partial charge in [-0.25, -0.2) is 4.39 Å². The number of halogens is 4. The fraction of sp³-hybridized carbons (Fsp3) is 0.333. The molecule has 0 spiro atoms. The van der Waals surface area contributed by atoms with Crippen LogP contribution in [-0.2, 0) is 0 Å². The molecule has 0 bridgehead atoms. The number of non-ortho nitro benzene ring substituents is 1. The number of hydrogen-bond acceptors (Lipinski definition) is 4. The van der Waals surface area contributed by atoms with Gasteiger partial charge in [0.1, 0.15) is 5.82 Å². The maximum atomic E-state index is 13.0. The van der Waals surface area contributed by atoms with Crippen molar-refractivity contribution in [3.63, 3.8) is 0 Å². The van der Waals surface area contributed by atoms with Gasteiger partial charge in [0.15, 0.2) is 0 Å². The minimum atomic E-state index is -4.32. The monoisotopic (exact) mass is 284 g/mol. The fourth-order valence-corrected chi connectivity index (χ4v) is 1.58. The van der Waals surface area contributed by atoms with E-state index in [0.717, 1.165) is 18.2 Å². The third kappa shape index (κ3) is 5.21. The number of nitro groups is 1. The first-order valence-electron chi connectivity index (χ1n) is 4.67. The Labute approximate surface area is 104 Å². The Balaban J connectivity index is 2.55. The molecule has 1 rings (SSSR count). The number of rotatable bonds is 5. The minimum Gasteiger partial charge on any atom is -0.384 e. The van der Waals surface area contributed by atoms with Crippen molar-refractivity contribution >= 4 is 23.1 Å². The van der Waals surface area contributed by atoms with Crippen molar-refractivity contribution in [2.75, 3.05) is 17.6 Å². The van der Waals surface area contributed by atoms with Gasteiger partial charge in [-0.15, -0.1) is 0 Å². The molecule has 0 fully saturated rings. The lowest BCUT2D eigenvalue weighted by Crippen LogP contribution is -2.09. The summed E-state index contributed by atoms with van der Waals surface area (Å²) in [7, 11) is 0. The summed E-state index contributed by atoms with van der Waals surface area (Å²) in [4.78, 5) is 9.65. The van der Waals surface area contributed by atoms with Crippen molar-refractivity contribution < 1.29 is 22.5 Å². The number of hydrogen-bond donors (Lipinski definition) is 1. The lowest BCUT2D eigenvalue weighted by molar-refractivity contribution is -0.385. The molecule has 1 N–H and O–H groups in total. The predicted octanol–water partition coefficient (Wildman–Crippen LogP) is 3.40. The molecule has 100 valence electrons. The van der Waals surface area contributed by atoms with Gasteiger partial charge in [0.05, 0.1) is 11.0 Å². The topological polar surface area (TPSA) is 55.2 Å². The molecule has 18 heavy (non-hydrogen) atoms. The van der Waals surface area contributed by atoms with Gasteiger partial charge in [-0.1, -0.05) is 0 Å². The summed E-state index contributed by atoms with van der Waals surface area (Å²) in [6, 6.07) is 2.77. The molecule has 0 saturated carbocycles. The van der Waals surface area contributed by atoms with Gasteiger partial charge in [0.2, 0.25) is 0 Å². The van der Waals surface area contributed by atoms with Gasteiger partial charge in [-0.05, 0) is 17.8 Å². The Hall–Kier alpha value is -1.51. The zero-order chi connectivity index (χ0) is 13.8. The molecule has 0 aliphatic heterocycles. The predicted molar refractivity (Wildman–Crippen MR) is 60.1 cm³/mol. The third-order valence-corrected chi connectivity index (χ3v) is 2.53. The lowest BCUT2D eigenvalue weighted by atomic mass is 10.2. The molecule has 1 aromatic carbocycles. The summed E-state index contributed by atoms with van der Waals surface area (Å²) >= 11 is -0.223. The number of nitro benzene ring substituents is 1. The Bertz CT molecular complexity index is 439. The van der Waals surface area contributed by atoms with Crippen LogP contribution in [0, 0.1) is 15.9 Å². The number of benzene rings is 1. The highest BCUT2D eigenvalue weighted by molar-refractivity contribution is 8.00. The zero-order valence-corrected chi connectivity index (χ0v) is 9.65. The first-order valence-corrected chi connectivity index (χ1v) is 5.66. The second-order valence-corrected chi connectivity index (χ2v) is 4.34. The van der Waals surface area contributed by atoms with Crippen LogP contribution in [0.4, 0.5) is 28.9 Å². The molecule has 0 amide bonds. The SMILES string of the molecule is O=[N+]([O-])c1cc(F)cc(NCCSC(F)(F)F)c1. The van der Waals surface area contributed by atoms with Crippen molar-refractivity contribution in [2.45, 2.75) is 5.51 Å². The summed E-state index contributed by atoms with van der Waals surface area (Å²) in [5, 5.41) is 12.9. The van der Waals surface area contributed by atoms with Gasteiger partial charge in [-0.2, -0.15) is 13.2 Å². The summed E-state index contributed by atoms with van der Waals surface area (Å²) in [5.41, 5.74) is -4.71. The molecule has 4 nitrogen and oxygen atoms in total. The summed E-state index contributed by atoms with van der Waals surface area (Å²) in [6.45, 7) is -0.0786. The largest absolute Gasteiger partial charge is 0.441 e. The molecule has 0 heterocycles. The molecule has 0 aliphatic rings. The molecule has 0 saturated heterocycles. The van der Waals surface area contributed by atoms with Crippen LogP contribution in [0.2, 0.25) is 0 Å². The maximum absolute atomic E-state index is 13.0. The molecule has 0 unspecified atom stereocenters. The molecule has 1 aromatic rings. The number of alkyl halides is 3. The van der Waals surface area contributed by atoms with Crippen molar-refractivity contribution in [3.8, 4) is 0 Å². The van der Waals surface area contributed by atoms with E-state index in [1.165, 1.54) is 0 Å². The fourth-order valence-electron chi connectivity index (χ4n) is 1.14. The van der Waals surface area contributed by atoms with Gasteiger partial charge in [0.25, 0.3) is 5.69 Å². The Morgan fingerprint density at radius 1 is 1.33 bits per heavy atom. The van der Waals surface area contributed by atoms with Crippen molar-refractivity contribution in [2.24, 2.45) is 0 Å². The second kappa shape index (κ2) is 5.89. The number of nitrogens with one attached hydrogen (secondary N) is 1. The van der Waals surface area contributed by atoms with E-state index in [4.69, 9.17) is 0 Å². The lowest BCUT2D eigenvalue weighted by Gasteiger charge is -2.08.